The van der Waals surface area contributed by atoms with E-state index in [9.17, 15) is 9.59 Å². The van der Waals surface area contributed by atoms with Crippen molar-refractivity contribution in [1.29, 1.82) is 0 Å². The molecular weight excluding hydrogens is 610 g/mol. The Labute approximate surface area is 272 Å². The summed E-state index contributed by atoms with van der Waals surface area (Å²) in [6, 6.07) is 9.89. The van der Waals surface area contributed by atoms with E-state index in [-0.39, 0.29) is 23.3 Å². The number of benzene rings is 1. The van der Waals surface area contributed by atoms with Crippen molar-refractivity contribution in [3.8, 4) is 0 Å². The minimum atomic E-state index is -0.315. The van der Waals surface area contributed by atoms with E-state index >= 15 is 0 Å². The summed E-state index contributed by atoms with van der Waals surface area (Å²) in [5, 5.41) is 7.26. The van der Waals surface area contributed by atoms with Crippen LogP contribution in [0.25, 0.3) is 0 Å². The van der Waals surface area contributed by atoms with Crippen molar-refractivity contribution < 1.29 is 9.59 Å². The molecular formula is C32H40ClN9O2S. The van der Waals surface area contributed by atoms with Gasteiger partial charge in [-0.3, -0.25) is 14.9 Å². The highest BCUT2D eigenvalue weighted by molar-refractivity contribution is 7.99. The molecule has 2 amide bonds. The molecule has 3 aliphatic rings. The summed E-state index contributed by atoms with van der Waals surface area (Å²) in [5.74, 6) is 1.82. The average Bonchev–Trinajstić information content (AvgIpc) is 3.03. The van der Waals surface area contributed by atoms with Crippen LogP contribution in [0.3, 0.4) is 0 Å². The lowest BCUT2D eigenvalue weighted by atomic mass is 9.91. The number of pyridine rings is 1. The highest BCUT2D eigenvalue weighted by Crippen LogP contribution is 2.39. The monoisotopic (exact) mass is 649 g/mol. The Kier molecular flexibility index (Phi) is 9.34. The molecule has 6 N–H and O–H groups in total. The lowest BCUT2D eigenvalue weighted by molar-refractivity contribution is -0.134. The molecule has 6 rings (SSSR count). The molecule has 0 saturated carbocycles. The number of carbonyl (C=O) groups excluding carboxylic acids is 2. The van der Waals surface area contributed by atoms with E-state index in [0.29, 0.717) is 34.6 Å². The fourth-order valence-corrected chi connectivity index (χ4v) is 7.23. The molecule has 0 spiro atoms. The number of aromatic nitrogens is 3. The van der Waals surface area contributed by atoms with Crippen molar-refractivity contribution in [2.24, 2.45) is 11.7 Å². The van der Waals surface area contributed by atoms with E-state index in [1.165, 1.54) is 11.8 Å². The molecule has 3 aromatic rings. The number of imide groups is 1. The Morgan fingerprint density at radius 3 is 2.47 bits per heavy atom. The Balaban J connectivity index is 1.000. The Morgan fingerprint density at radius 2 is 1.78 bits per heavy atom. The number of halogens is 1. The van der Waals surface area contributed by atoms with Crippen LogP contribution in [0.1, 0.15) is 56.9 Å². The minimum absolute atomic E-state index is 0.134. The molecule has 1 aromatic carbocycles. The van der Waals surface area contributed by atoms with Gasteiger partial charge in [0, 0.05) is 55.8 Å². The molecule has 11 nitrogen and oxygen atoms in total. The predicted octanol–water partition coefficient (Wildman–Crippen LogP) is 4.42. The molecule has 0 bridgehead atoms. The number of carbonyl (C=O) groups is 2. The summed E-state index contributed by atoms with van der Waals surface area (Å²) < 4.78 is 0. The van der Waals surface area contributed by atoms with Gasteiger partial charge in [-0.15, -0.1) is 0 Å². The van der Waals surface area contributed by atoms with Gasteiger partial charge in [-0.1, -0.05) is 35.5 Å². The van der Waals surface area contributed by atoms with Crippen molar-refractivity contribution in [3.63, 3.8) is 0 Å². The Morgan fingerprint density at radius 1 is 1.02 bits per heavy atom. The van der Waals surface area contributed by atoms with Crippen molar-refractivity contribution >= 4 is 58.3 Å². The molecule has 238 valence electrons. The first kappa shape index (κ1) is 31.4. The average molecular weight is 650 g/mol. The van der Waals surface area contributed by atoms with Crippen molar-refractivity contribution in [3.05, 3.63) is 53.3 Å². The standard InChI is InChI=1S/C32H40ClN9O2S/c1-32(35)11-15-42(16-12-32)26-19-38-31(29(34)39-26)45-24-4-2-3-23(28(24)33)36-17-20-9-13-41(14-10-20)25-7-5-21(18-37-25)22-6-8-27(43)40-30(22)44/h2-5,7,18-20,22,36H,6,8-17,35H2,1H3,(H2,34,39)(H,40,43,44). The molecule has 2 aromatic heterocycles. The number of rotatable bonds is 8. The van der Waals surface area contributed by atoms with Crippen molar-refractivity contribution in [2.75, 3.05) is 53.6 Å². The van der Waals surface area contributed by atoms with Gasteiger partial charge in [0.1, 0.15) is 16.7 Å². The van der Waals surface area contributed by atoms with Crippen LogP contribution in [0.4, 0.5) is 23.1 Å². The van der Waals surface area contributed by atoms with E-state index in [2.05, 4.69) is 42.3 Å². The molecule has 3 saturated heterocycles. The van der Waals surface area contributed by atoms with Gasteiger partial charge in [-0.25, -0.2) is 15.0 Å². The Bertz CT molecular complexity index is 1540. The van der Waals surface area contributed by atoms with Gasteiger partial charge < -0.3 is 26.6 Å². The zero-order valence-corrected chi connectivity index (χ0v) is 27.0. The molecule has 1 atom stereocenters. The summed E-state index contributed by atoms with van der Waals surface area (Å²) in [5.41, 5.74) is 14.2. The fourth-order valence-electron chi connectivity index (χ4n) is 6.11. The number of nitrogens with two attached hydrogens (primary N) is 2. The van der Waals surface area contributed by atoms with Gasteiger partial charge in [-0.2, -0.15) is 0 Å². The first-order valence-corrected chi connectivity index (χ1v) is 16.8. The highest BCUT2D eigenvalue weighted by Gasteiger charge is 2.29. The van der Waals surface area contributed by atoms with Gasteiger partial charge in [0.15, 0.2) is 5.82 Å². The van der Waals surface area contributed by atoms with Crippen LogP contribution in [-0.4, -0.2) is 65.0 Å². The van der Waals surface area contributed by atoms with E-state index in [4.69, 9.17) is 23.1 Å². The Hall–Kier alpha value is -3.61. The first-order valence-electron chi connectivity index (χ1n) is 15.6. The normalized spacial score (nSPS) is 20.6. The number of anilines is 4. The molecule has 3 aliphatic heterocycles. The van der Waals surface area contributed by atoms with Crippen LogP contribution in [0, 0.1) is 5.92 Å². The molecule has 0 aliphatic carbocycles. The lowest BCUT2D eigenvalue weighted by Gasteiger charge is -2.37. The summed E-state index contributed by atoms with van der Waals surface area (Å²) in [7, 11) is 0. The molecule has 5 heterocycles. The van der Waals surface area contributed by atoms with Crippen molar-refractivity contribution in [2.45, 2.75) is 66.8 Å². The first-order chi connectivity index (χ1) is 21.6. The second kappa shape index (κ2) is 13.4. The maximum absolute atomic E-state index is 12.2. The summed E-state index contributed by atoms with van der Waals surface area (Å²) >= 11 is 8.27. The smallest absolute Gasteiger partial charge is 0.234 e. The molecule has 0 radical (unpaired) electrons. The third kappa shape index (κ3) is 7.45. The number of nitrogens with one attached hydrogen (secondary N) is 2. The number of nitrogen functional groups attached to an aromatic ring is 1. The van der Waals surface area contributed by atoms with E-state index < -0.39 is 0 Å². The molecule has 13 heteroatoms. The van der Waals surface area contributed by atoms with Crippen LogP contribution in [-0.2, 0) is 9.59 Å². The number of piperidine rings is 3. The molecule has 45 heavy (non-hydrogen) atoms. The van der Waals surface area contributed by atoms with E-state index in [1.807, 2.05) is 30.3 Å². The topological polar surface area (TPSA) is 155 Å². The number of amides is 2. The second-order valence-corrected chi connectivity index (χ2v) is 14.0. The maximum Gasteiger partial charge on any atom is 0.234 e. The second-order valence-electron chi connectivity index (χ2n) is 12.5. The zero-order valence-electron chi connectivity index (χ0n) is 25.5. The SMILES string of the molecule is CC1(N)CCN(c2cnc(Sc3cccc(NCC4CCN(c5ccc(C6CCC(=O)NC6=O)cn5)CC4)c3Cl)c(N)n2)CC1. The third-order valence-corrected chi connectivity index (χ3v) is 10.7. The quantitative estimate of drug-likeness (QED) is 0.256. The molecule has 1 unspecified atom stereocenters. The zero-order chi connectivity index (χ0) is 31.6. The van der Waals surface area contributed by atoms with Crippen LogP contribution >= 0.6 is 23.4 Å². The summed E-state index contributed by atoms with van der Waals surface area (Å²) in [6.45, 7) is 6.38. The maximum atomic E-state index is 12.2. The van der Waals surface area contributed by atoms with Crippen LogP contribution in [0.15, 0.2) is 52.6 Å². The summed E-state index contributed by atoms with van der Waals surface area (Å²) in [4.78, 5) is 42.9. The van der Waals surface area contributed by atoms with Crippen LogP contribution < -0.4 is 31.9 Å². The van der Waals surface area contributed by atoms with Crippen LogP contribution in [0.2, 0.25) is 5.02 Å². The fraction of sp³-hybridized carbons (Fsp3) is 0.469. The highest BCUT2D eigenvalue weighted by atomic mass is 35.5. The van der Waals surface area contributed by atoms with Crippen molar-refractivity contribution in [1.82, 2.24) is 20.3 Å². The molecule has 3 fully saturated rings. The van der Waals surface area contributed by atoms with Crippen LogP contribution in [0.5, 0.6) is 0 Å². The van der Waals surface area contributed by atoms with E-state index in [0.717, 1.165) is 86.2 Å². The number of nitrogens with zero attached hydrogens (tertiary/aromatic N) is 5. The van der Waals surface area contributed by atoms with Gasteiger partial charge >= 0.3 is 0 Å². The summed E-state index contributed by atoms with van der Waals surface area (Å²) in [6.07, 6.45) is 8.29. The van der Waals surface area contributed by atoms with Gasteiger partial charge in [0.2, 0.25) is 11.8 Å². The minimum Gasteiger partial charge on any atom is -0.384 e. The van der Waals surface area contributed by atoms with Gasteiger partial charge in [0.25, 0.3) is 0 Å². The lowest BCUT2D eigenvalue weighted by Crippen LogP contribution is -2.48. The predicted molar refractivity (Wildman–Crippen MR) is 179 cm³/mol. The third-order valence-electron chi connectivity index (χ3n) is 9.08. The van der Waals surface area contributed by atoms with E-state index in [1.54, 1.807) is 12.4 Å². The van der Waals surface area contributed by atoms with Gasteiger partial charge in [-0.05, 0) is 68.7 Å². The number of hydrogen-bond acceptors (Lipinski definition) is 11. The number of hydrogen-bond donors (Lipinski definition) is 4. The van der Waals surface area contributed by atoms with Gasteiger partial charge in [0.05, 0.1) is 22.8 Å². The largest absolute Gasteiger partial charge is 0.384 e.